The molecule has 6 heteroatoms. The van der Waals surface area contributed by atoms with Crippen molar-refractivity contribution in [2.45, 2.75) is 32.7 Å². The highest BCUT2D eigenvalue weighted by Crippen LogP contribution is 2.24. The zero-order valence-electron chi connectivity index (χ0n) is 17.6. The quantitative estimate of drug-likeness (QED) is 0.425. The second kappa shape index (κ2) is 9.89. The molecule has 0 bridgehead atoms. The fourth-order valence-corrected chi connectivity index (χ4v) is 3.60. The maximum atomic E-state index is 12.5. The number of rotatable bonds is 9. The molecule has 158 valence electrons. The highest BCUT2D eigenvalue weighted by atomic mass is 16.5. The number of nitrogens with one attached hydrogen (secondary N) is 1. The molecule has 6 nitrogen and oxygen atoms in total. The number of pyridine rings is 1. The van der Waals surface area contributed by atoms with Gasteiger partial charge in [0.1, 0.15) is 17.1 Å². The summed E-state index contributed by atoms with van der Waals surface area (Å²) in [4.78, 5) is 21.8. The number of anilines is 1. The van der Waals surface area contributed by atoms with Gasteiger partial charge in [-0.15, -0.1) is 0 Å². The number of hydrogen-bond acceptors (Lipinski definition) is 4. The number of amides is 1. The Balaban J connectivity index is 1.43. The molecule has 0 fully saturated rings. The molecule has 0 aliphatic heterocycles. The average molecular weight is 415 g/mol. The Morgan fingerprint density at radius 1 is 1.03 bits per heavy atom. The third-order valence-corrected chi connectivity index (χ3v) is 5.03. The van der Waals surface area contributed by atoms with E-state index in [0.717, 1.165) is 17.0 Å². The van der Waals surface area contributed by atoms with Gasteiger partial charge in [-0.3, -0.25) is 4.79 Å². The number of para-hydroxylation sites is 2. The molecule has 0 saturated carbocycles. The van der Waals surface area contributed by atoms with Crippen LogP contribution in [0, 0.1) is 0 Å². The van der Waals surface area contributed by atoms with Gasteiger partial charge in [0.25, 0.3) is 0 Å². The lowest BCUT2D eigenvalue weighted by atomic mass is 10.2. The number of benzene rings is 2. The third-order valence-electron chi connectivity index (χ3n) is 5.03. The van der Waals surface area contributed by atoms with Gasteiger partial charge in [0.2, 0.25) is 5.91 Å². The molecule has 0 atom stereocenters. The van der Waals surface area contributed by atoms with Crippen LogP contribution in [-0.4, -0.2) is 27.0 Å². The number of nitrogens with zero attached hydrogens (tertiary/aromatic N) is 3. The number of ether oxygens (including phenoxy) is 1. The predicted octanol–water partition coefficient (Wildman–Crippen LogP) is 4.84. The first-order chi connectivity index (χ1) is 15.2. The van der Waals surface area contributed by atoms with Crippen molar-refractivity contribution in [1.82, 2.24) is 14.5 Å². The van der Waals surface area contributed by atoms with Crippen LogP contribution < -0.4 is 10.1 Å². The highest BCUT2D eigenvalue weighted by Gasteiger charge is 2.13. The van der Waals surface area contributed by atoms with Crippen LogP contribution in [0.5, 0.6) is 5.75 Å². The second-order valence-electron chi connectivity index (χ2n) is 7.28. The number of fused-ring (bicyclic) bond motifs is 1. The van der Waals surface area contributed by atoms with Crippen molar-refractivity contribution in [3.63, 3.8) is 0 Å². The van der Waals surface area contributed by atoms with Crippen molar-refractivity contribution in [2.75, 3.05) is 11.9 Å². The number of carbonyl (C=O) groups excluding carboxylic acids is 1. The third kappa shape index (κ3) is 5.09. The molecule has 4 rings (SSSR count). The first kappa shape index (κ1) is 20.6. The van der Waals surface area contributed by atoms with Crippen LogP contribution in [-0.2, 0) is 17.8 Å². The molecular weight excluding hydrogens is 388 g/mol. The van der Waals surface area contributed by atoms with Crippen LogP contribution in [0.3, 0.4) is 0 Å². The zero-order valence-corrected chi connectivity index (χ0v) is 17.6. The van der Waals surface area contributed by atoms with Crippen LogP contribution in [0.4, 0.5) is 5.69 Å². The predicted molar refractivity (Wildman–Crippen MR) is 122 cm³/mol. The molecular formula is C25H26N4O2. The summed E-state index contributed by atoms with van der Waals surface area (Å²) in [6.07, 6.45) is 3.59. The Hall–Kier alpha value is -3.67. The maximum Gasteiger partial charge on any atom is 0.224 e. The topological polar surface area (TPSA) is 69.0 Å². The molecule has 31 heavy (non-hydrogen) atoms. The van der Waals surface area contributed by atoms with E-state index in [1.54, 1.807) is 6.20 Å². The summed E-state index contributed by atoms with van der Waals surface area (Å²) in [5.74, 6) is 1.60. The van der Waals surface area contributed by atoms with Gasteiger partial charge in [-0.1, -0.05) is 42.5 Å². The normalized spacial score (nSPS) is 10.9. The summed E-state index contributed by atoms with van der Waals surface area (Å²) < 4.78 is 7.73. The van der Waals surface area contributed by atoms with Crippen molar-refractivity contribution in [3.8, 4) is 5.75 Å². The zero-order chi connectivity index (χ0) is 21.5. The Labute approximate surface area is 181 Å². The Kier molecular flexibility index (Phi) is 6.57. The summed E-state index contributed by atoms with van der Waals surface area (Å²) >= 11 is 0. The van der Waals surface area contributed by atoms with Gasteiger partial charge in [0, 0.05) is 19.0 Å². The minimum atomic E-state index is -0.0315. The van der Waals surface area contributed by atoms with E-state index in [-0.39, 0.29) is 5.91 Å². The number of aryl methyl sites for hydroxylation is 1. The molecule has 0 unspecified atom stereocenters. The minimum absolute atomic E-state index is 0.0315. The molecule has 1 N–H and O–H groups in total. The average Bonchev–Trinajstić information content (AvgIpc) is 3.13. The van der Waals surface area contributed by atoms with E-state index >= 15 is 0 Å². The van der Waals surface area contributed by atoms with Crippen LogP contribution in [0.25, 0.3) is 11.2 Å². The molecule has 1 amide bonds. The molecule has 2 aromatic carbocycles. The van der Waals surface area contributed by atoms with Gasteiger partial charge in [0.05, 0.1) is 18.8 Å². The monoisotopic (exact) mass is 414 g/mol. The van der Waals surface area contributed by atoms with Gasteiger partial charge >= 0.3 is 0 Å². The van der Waals surface area contributed by atoms with Crippen LogP contribution in [0.1, 0.15) is 31.2 Å². The maximum absolute atomic E-state index is 12.5. The number of imidazole rings is 1. The summed E-state index contributed by atoms with van der Waals surface area (Å²) in [5.41, 5.74) is 3.65. The molecule has 0 saturated heterocycles. The SMILES string of the molecule is CCOc1ccccc1NC(=O)CCCc1nc2cccnc2n1Cc1ccccc1. The fraction of sp³-hybridized carbons (Fsp3) is 0.240. The Bertz CT molecular complexity index is 1150. The number of hydrogen-bond donors (Lipinski definition) is 1. The molecule has 2 aromatic heterocycles. The summed E-state index contributed by atoms with van der Waals surface area (Å²) in [6, 6.07) is 21.6. The largest absolute Gasteiger partial charge is 0.492 e. The van der Waals surface area contributed by atoms with Gasteiger partial charge < -0.3 is 14.6 Å². The molecule has 0 radical (unpaired) electrons. The summed E-state index contributed by atoms with van der Waals surface area (Å²) in [7, 11) is 0. The van der Waals surface area contributed by atoms with Crippen LogP contribution in [0.15, 0.2) is 72.9 Å². The standard InChI is InChI=1S/C25H26N4O2/c1-2-31-22-14-7-6-12-20(22)28-24(30)16-8-15-23-27-21-13-9-17-26-25(21)29(23)18-19-10-4-3-5-11-19/h3-7,9-14,17H,2,8,15-16,18H2,1H3,(H,28,30). The van der Waals surface area contributed by atoms with Crippen LogP contribution >= 0.6 is 0 Å². The van der Waals surface area contributed by atoms with E-state index < -0.39 is 0 Å². The van der Waals surface area contributed by atoms with E-state index in [1.807, 2.05) is 61.5 Å². The lowest BCUT2D eigenvalue weighted by Gasteiger charge is -2.11. The van der Waals surface area contributed by atoms with Crippen molar-refractivity contribution in [3.05, 3.63) is 84.3 Å². The van der Waals surface area contributed by atoms with E-state index in [2.05, 4.69) is 27.0 Å². The van der Waals surface area contributed by atoms with Crippen molar-refractivity contribution < 1.29 is 9.53 Å². The number of aromatic nitrogens is 3. The van der Waals surface area contributed by atoms with Gasteiger partial charge in [-0.25, -0.2) is 9.97 Å². The molecule has 0 aliphatic carbocycles. The van der Waals surface area contributed by atoms with Gasteiger partial charge in [-0.2, -0.15) is 0 Å². The molecule has 2 heterocycles. The van der Waals surface area contributed by atoms with Gasteiger partial charge in [-0.05, 0) is 43.2 Å². The van der Waals surface area contributed by atoms with Crippen molar-refractivity contribution in [1.29, 1.82) is 0 Å². The van der Waals surface area contributed by atoms with Gasteiger partial charge in [0.15, 0.2) is 5.65 Å². The molecule has 0 aliphatic rings. The fourth-order valence-electron chi connectivity index (χ4n) is 3.60. The van der Waals surface area contributed by atoms with E-state index in [9.17, 15) is 4.79 Å². The molecule has 4 aromatic rings. The minimum Gasteiger partial charge on any atom is -0.492 e. The van der Waals surface area contributed by atoms with Crippen LogP contribution in [0.2, 0.25) is 0 Å². The first-order valence-electron chi connectivity index (χ1n) is 10.6. The Morgan fingerprint density at radius 2 is 1.84 bits per heavy atom. The number of carbonyl (C=O) groups is 1. The smallest absolute Gasteiger partial charge is 0.224 e. The molecule has 0 spiro atoms. The van der Waals surface area contributed by atoms with E-state index in [1.165, 1.54) is 5.56 Å². The summed E-state index contributed by atoms with van der Waals surface area (Å²) in [5, 5.41) is 2.96. The van der Waals surface area contributed by atoms with Crippen molar-refractivity contribution >= 4 is 22.8 Å². The van der Waals surface area contributed by atoms with E-state index in [0.29, 0.717) is 43.9 Å². The lowest BCUT2D eigenvalue weighted by Crippen LogP contribution is -2.13. The first-order valence-corrected chi connectivity index (χ1v) is 10.6. The Morgan fingerprint density at radius 3 is 2.68 bits per heavy atom. The highest BCUT2D eigenvalue weighted by molar-refractivity contribution is 5.92. The second-order valence-corrected chi connectivity index (χ2v) is 7.28. The lowest BCUT2D eigenvalue weighted by molar-refractivity contribution is -0.116. The summed E-state index contributed by atoms with van der Waals surface area (Å²) in [6.45, 7) is 3.19. The van der Waals surface area contributed by atoms with Crippen molar-refractivity contribution in [2.24, 2.45) is 0 Å². The van der Waals surface area contributed by atoms with E-state index in [4.69, 9.17) is 9.72 Å².